The van der Waals surface area contributed by atoms with Crippen molar-refractivity contribution in [3.8, 4) is 22.3 Å². The summed E-state index contributed by atoms with van der Waals surface area (Å²) < 4.78 is 0. The molecule has 0 amide bonds. The van der Waals surface area contributed by atoms with Gasteiger partial charge in [0.15, 0.2) is 0 Å². The summed E-state index contributed by atoms with van der Waals surface area (Å²) in [6.07, 6.45) is 0. The molecule has 0 saturated carbocycles. The van der Waals surface area contributed by atoms with Crippen molar-refractivity contribution in [2.24, 2.45) is 0 Å². The second-order valence-corrected chi connectivity index (χ2v) is 4.70. The predicted octanol–water partition coefficient (Wildman–Crippen LogP) is 1.71. The molecule has 8 heteroatoms. The average Bonchev–Trinajstić information content (AvgIpc) is 2.34. The van der Waals surface area contributed by atoms with Crippen molar-refractivity contribution < 1.29 is 29.4 Å². The van der Waals surface area contributed by atoms with Gasteiger partial charge in [-0.1, -0.05) is 48.5 Å². The van der Waals surface area contributed by atoms with E-state index in [2.05, 4.69) is 48.5 Å². The predicted molar refractivity (Wildman–Crippen MR) is 78.0 cm³/mol. The lowest BCUT2D eigenvalue weighted by atomic mass is 9.81. The third-order valence-electron chi connectivity index (χ3n) is 2.43. The third-order valence-corrected chi connectivity index (χ3v) is 2.43. The van der Waals surface area contributed by atoms with Gasteiger partial charge in [0.25, 0.3) is 0 Å². The van der Waals surface area contributed by atoms with Crippen LogP contribution in [0.25, 0.3) is 22.3 Å². The number of hydrogen-bond acceptors (Lipinski definition) is 6. The molecule has 0 aliphatic heterocycles. The maximum absolute atomic E-state index is 7.23. The highest BCUT2D eigenvalue weighted by molar-refractivity contribution is 7.38. The second kappa shape index (κ2) is 8.37. The first-order valence-corrected chi connectivity index (χ1v) is 7.75. The molecule has 0 radical (unpaired) electrons. The van der Waals surface area contributed by atoms with E-state index < -0.39 is 17.2 Å². The molecule has 0 spiro atoms. The van der Waals surface area contributed by atoms with Crippen molar-refractivity contribution in [3.05, 3.63) is 48.5 Å². The Balaban J connectivity index is 0.000000212. The molecule has 0 saturated heterocycles. The Morgan fingerprint density at radius 1 is 0.450 bits per heavy atom. The SMILES string of the molecule is OP(O)O.OP(O)O.c1ccc2c(c1)-c1ccccc1-2. The Hall–Kier alpha value is -0.940. The van der Waals surface area contributed by atoms with Gasteiger partial charge in [0.05, 0.1) is 0 Å². The zero-order chi connectivity index (χ0) is 15.1. The molecule has 1 aliphatic rings. The minimum absolute atomic E-state index is 1.40. The van der Waals surface area contributed by atoms with Crippen molar-refractivity contribution in [1.29, 1.82) is 0 Å². The summed E-state index contributed by atoms with van der Waals surface area (Å²) in [7, 11) is -5.24. The van der Waals surface area contributed by atoms with Gasteiger partial charge in [-0.3, -0.25) is 0 Å². The van der Waals surface area contributed by atoms with E-state index in [4.69, 9.17) is 29.4 Å². The van der Waals surface area contributed by atoms with Crippen LogP contribution in [0.1, 0.15) is 0 Å². The highest BCUT2D eigenvalue weighted by Gasteiger charge is 2.19. The van der Waals surface area contributed by atoms with E-state index in [0.29, 0.717) is 0 Å². The number of benzene rings is 2. The van der Waals surface area contributed by atoms with Gasteiger partial charge in [-0.25, -0.2) is 0 Å². The van der Waals surface area contributed by atoms with Crippen LogP contribution in [-0.4, -0.2) is 29.4 Å². The van der Waals surface area contributed by atoms with Crippen molar-refractivity contribution in [1.82, 2.24) is 0 Å². The molecule has 0 aromatic heterocycles. The summed E-state index contributed by atoms with van der Waals surface area (Å²) in [5, 5.41) is 0. The fourth-order valence-corrected chi connectivity index (χ4v) is 1.84. The van der Waals surface area contributed by atoms with Gasteiger partial charge in [-0.05, 0) is 22.3 Å². The lowest BCUT2D eigenvalue weighted by Gasteiger charge is -2.22. The normalized spacial score (nSPS) is 10.4. The molecule has 2 aromatic rings. The van der Waals surface area contributed by atoms with E-state index >= 15 is 0 Å². The van der Waals surface area contributed by atoms with Crippen LogP contribution in [0.3, 0.4) is 0 Å². The van der Waals surface area contributed by atoms with Gasteiger partial charge in [0.2, 0.25) is 0 Å². The molecule has 1 aliphatic carbocycles. The number of rotatable bonds is 0. The quantitative estimate of drug-likeness (QED) is 0.351. The first kappa shape index (κ1) is 17.1. The van der Waals surface area contributed by atoms with Gasteiger partial charge in [-0.2, -0.15) is 0 Å². The van der Waals surface area contributed by atoms with Gasteiger partial charge >= 0.3 is 17.2 Å². The largest absolute Gasteiger partial charge is 0.328 e. The number of fused-ring (bicyclic) bond motifs is 4. The van der Waals surface area contributed by atoms with Crippen LogP contribution in [0.5, 0.6) is 0 Å². The van der Waals surface area contributed by atoms with Crippen LogP contribution in [0.4, 0.5) is 0 Å². The summed E-state index contributed by atoms with van der Waals surface area (Å²) in [5.41, 5.74) is 5.59. The smallest absolute Gasteiger partial charge is 0.324 e. The summed E-state index contributed by atoms with van der Waals surface area (Å²) >= 11 is 0. The zero-order valence-corrected chi connectivity index (χ0v) is 12.0. The van der Waals surface area contributed by atoms with Gasteiger partial charge in [0, 0.05) is 0 Å². The van der Waals surface area contributed by atoms with Crippen LogP contribution in [-0.2, 0) is 0 Å². The summed E-state index contributed by atoms with van der Waals surface area (Å²) in [6, 6.07) is 17.1. The van der Waals surface area contributed by atoms with Crippen LogP contribution < -0.4 is 0 Å². The molecule has 0 heterocycles. The maximum atomic E-state index is 7.23. The monoisotopic (exact) mass is 316 g/mol. The molecule has 6 N–H and O–H groups in total. The molecular formula is C12H14O6P2. The Morgan fingerprint density at radius 3 is 0.750 bits per heavy atom. The highest BCUT2D eigenvalue weighted by atomic mass is 31.2. The first-order valence-electron chi connectivity index (χ1n) is 5.35. The minimum atomic E-state index is -2.62. The van der Waals surface area contributed by atoms with E-state index in [1.54, 1.807) is 0 Å². The molecule has 2 aromatic carbocycles. The molecule has 0 bridgehead atoms. The van der Waals surface area contributed by atoms with E-state index in [1.165, 1.54) is 22.3 Å². The molecule has 0 atom stereocenters. The Labute approximate surface area is 118 Å². The summed E-state index contributed by atoms with van der Waals surface area (Å²) in [6.45, 7) is 0. The maximum Gasteiger partial charge on any atom is 0.324 e. The molecule has 0 fully saturated rings. The van der Waals surface area contributed by atoms with Crippen LogP contribution in [0.15, 0.2) is 48.5 Å². The molecule has 108 valence electrons. The van der Waals surface area contributed by atoms with Crippen molar-refractivity contribution in [3.63, 3.8) is 0 Å². The van der Waals surface area contributed by atoms with E-state index in [0.717, 1.165) is 0 Å². The molecular weight excluding hydrogens is 302 g/mol. The van der Waals surface area contributed by atoms with Crippen LogP contribution in [0, 0.1) is 0 Å². The molecule has 3 rings (SSSR count). The zero-order valence-electron chi connectivity index (χ0n) is 10.2. The Morgan fingerprint density at radius 2 is 0.600 bits per heavy atom. The highest BCUT2D eigenvalue weighted by Crippen LogP contribution is 2.46. The standard InChI is InChI=1S/C12H8.2H3O3P/c1-2-6-10-9(5-1)11-7-3-4-8-12(10)11;2*1-4(2)3/h1-8H;2*1-3H. The van der Waals surface area contributed by atoms with Crippen molar-refractivity contribution in [2.75, 3.05) is 0 Å². The van der Waals surface area contributed by atoms with Crippen LogP contribution in [0.2, 0.25) is 0 Å². The second-order valence-electron chi connectivity index (χ2n) is 3.63. The van der Waals surface area contributed by atoms with Gasteiger partial charge in [0.1, 0.15) is 0 Å². The van der Waals surface area contributed by atoms with Crippen molar-refractivity contribution in [2.45, 2.75) is 0 Å². The topological polar surface area (TPSA) is 121 Å². The van der Waals surface area contributed by atoms with Crippen molar-refractivity contribution >= 4 is 17.2 Å². The van der Waals surface area contributed by atoms with Gasteiger partial charge in [-0.15, -0.1) is 0 Å². The van der Waals surface area contributed by atoms with E-state index in [9.17, 15) is 0 Å². The minimum Gasteiger partial charge on any atom is -0.328 e. The van der Waals surface area contributed by atoms with Gasteiger partial charge < -0.3 is 29.4 Å². The Bertz CT molecular complexity index is 435. The van der Waals surface area contributed by atoms with E-state index in [-0.39, 0.29) is 0 Å². The Kier molecular flexibility index (Phi) is 7.16. The first-order chi connectivity index (χ1) is 9.43. The molecule has 6 nitrogen and oxygen atoms in total. The molecule has 20 heavy (non-hydrogen) atoms. The lowest BCUT2D eigenvalue weighted by molar-refractivity contribution is 0.366. The van der Waals surface area contributed by atoms with Crippen LogP contribution >= 0.6 is 17.2 Å². The van der Waals surface area contributed by atoms with E-state index in [1.807, 2.05) is 0 Å². The summed E-state index contributed by atoms with van der Waals surface area (Å²) in [4.78, 5) is 43.4. The number of hydrogen-bond donors (Lipinski definition) is 6. The third kappa shape index (κ3) is 5.21. The summed E-state index contributed by atoms with van der Waals surface area (Å²) in [5.74, 6) is 0. The average molecular weight is 316 g/mol. The fraction of sp³-hybridized carbons (Fsp3) is 0. The lowest BCUT2D eigenvalue weighted by Crippen LogP contribution is -1.96. The molecule has 0 unspecified atom stereocenters. The fourth-order valence-electron chi connectivity index (χ4n) is 1.84.